The van der Waals surface area contributed by atoms with E-state index in [1.807, 2.05) is 6.92 Å². The molecule has 3 rings (SSSR count). The highest BCUT2D eigenvalue weighted by molar-refractivity contribution is 5.52. The van der Waals surface area contributed by atoms with Crippen molar-refractivity contribution < 1.29 is 0 Å². The van der Waals surface area contributed by atoms with Gasteiger partial charge in [-0.1, -0.05) is 6.92 Å². The molecule has 2 aromatic heterocycles. The van der Waals surface area contributed by atoms with E-state index in [9.17, 15) is 4.79 Å². The van der Waals surface area contributed by atoms with Crippen LogP contribution in [0, 0.1) is 0 Å². The van der Waals surface area contributed by atoms with Gasteiger partial charge in [0.1, 0.15) is 12.2 Å². The van der Waals surface area contributed by atoms with E-state index in [1.165, 1.54) is 12.4 Å². The summed E-state index contributed by atoms with van der Waals surface area (Å²) in [7, 11) is 0. The average Bonchev–Trinajstić information content (AvgIpc) is 2.69. The van der Waals surface area contributed by atoms with Gasteiger partial charge in [0.15, 0.2) is 0 Å². The second kappa shape index (κ2) is 5.37. The van der Waals surface area contributed by atoms with Gasteiger partial charge in [0.05, 0.1) is 16.9 Å². The first kappa shape index (κ1) is 13.9. The molecular weight excluding hydrogens is 266 g/mol. The second-order valence-corrected chi connectivity index (χ2v) is 5.52. The Morgan fingerprint density at radius 3 is 2.95 bits per heavy atom. The highest BCUT2D eigenvalue weighted by Crippen LogP contribution is 2.30. The van der Waals surface area contributed by atoms with Crippen molar-refractivity contribution in [3.05, 3.63) is 40.8 Å². The zero-order chi connectivity index (χ0) is 14.9. The standard InChI is InChI=1S/C15H19N5O/c1-2-15(16)6-3-4-8-20-13(21)9-12(19-14(15)20)11-5-7-17-10-18-11/h5,7,9-10H,2-4,6,8,16H2,1H3. The van der Waals surface area contributed by atoms with Crippen molar-refractivity contribution in [2.45, 2.75) is 44.7 Å². The summed E-state index contributed by atoms with van der Waals surface area (Å²) in [6.07, 6.45) is 6.67. The number of hydrogen-bond donors (Lipinski definition) is 1. The quantitative estimate of drug-likeness (QED) is 0.902. The van der Waals surface area contributed by atoms with Crippen molar-refractivity contribution in [1.82, 2.24) is 19.5 Å². The topological polar surface area (TPSA) is 86.7 Å². The molecule has 1 aliphatic heterocycles. The van der Waals surface area contributed by atoms with Gasteiger partial charge in [0.2, 0.25) is 0 Å². The van der Waals surface area contributed by atoms with Crippen LogP contribution in [0.3, 0.4) is 0 Å². The fourth-order valence-electron chi connectivity index (χ4n) is 2.83. The molecule has 0 amide bonds. The number of aromatic nitrogens is 4. The molecule has 3 heterocycles. The van der Waals surface area contributed by atoms with Crippen LogP contribution in [0.15, 0.2) is 29.5 Å². The average molecular weight is 285 g/mol. The maximum absolute atomic E-state index is 12.4. The van der Waals surface area contributed by atoms with Gasteiger partial charge in [-0.2, -0.15) is 0 Å². The summed E-state index contributed by atoms with van der Waals surface area (Å²) in [5, 5.41) is 0. The summed E-state index contributed by atoms with van der Waals surface area (Å²) in [6, 6.07) is 3.28. The summed E-state index contributed by atoms with van der Waals surface area (Å²) in [5.41, 5.74) is 7.15. The smallest absolute Gasteiger partial charge is 0.254 e. The molecule has 110 valence electrons. The molecule has 2 aromatic rings. The molecule has 0 fully saturated rings. The fraction of sp³-hybridized carbons (Fsp3) is 0.467. The minimum atomic E-state index is -0.543. The first-order chi connectivity index (χ1) is 10.1. The van der Waals surface area contributed by atoms with Crippen LogP contribution < -0.4 is 11.3 Å². The summed E-state index contributed by atoms with van der Waals surface area (Å²) in [6.45, 7) is 2.73. The highest BCUT2D eigenvalue weighted by Gasteiger charge is 2.32. The van der Waals surface area contributed by atoms with Crippen LogP contribution in [0.2, 0.25) is 0 Å². The van der Waals surface area contributed by atoms with Gasteiger partial charge in [-0.05, 0) is 31.7 Å². The molecule has 1 aliphatic rings. The lowest BCUT2D eigenvalue weighted by Crippen LogP contribution is -2.41. The Kier molecular flexibility index (Phi) is 3.55. The summed E-state index contributed by atoms with van der Waals surface area (Å²) >= 11 is 0. The van der Waals surface area contributed by atoms with Crippen LogP contribution in [0.5, 0.6) is 0 Å². The number of nitrogens with two attached hydrogens (primary N) is 1. The molecule has 0 bridgehead atoms. The van der Waals surface area contributed by atoms with Gasteiger partial charge in [0.25, 0.3) is 5.56 Å². The zero-order valence-electron chi connectivity index (χ0n) is 12.1. The Morgan fingerprint density at radius 2 is 2.24 bits per heavy atom. The fourth-order valence-corrected chi connectivity index (χ4v) is 2.83. The van der Waals surface area contributed by atoms with E-state index < -0.39 is 5.54 Å². The van der Waals surface area contributed by atoms with Crippen LogP contribution in [-0.2, 0) is 12.1 Å². The van der Waals surface area contributed by atoms with Gasteiger partial charge in [-0.3, -0.25) is 9.36 Å². The third-order valence-electron chi connectivity index (χ3n) is 4.18. The third kappa shape index (κ3) is 2.47. The maximum Gasteiger partial charge on any atom is 0.254 e. The molecular formula is C15H19N5O. The number of nitrogens with zero attached hydrogens (tertiary/aromatic N) is 4. The molecule has 0 saturated carbocycles. The van der Waals surface area contributed by atoms with E-state index in [0.29, 0.717) is 23.8 Å². The van der Waals surface area contributed by atoms with E-state index in [2.05, 4.69) is 15.0 Å². The minimum Gasteiger partial charge on any atom is -0.319 e. The molecule has 2 N–H and O–H groups in total. The SMILES string of the molecule is CCC1(N)CCCCn2c1nc(-c1ccncn1)cc2=O. The van der Waals surface area contributed by atoms with Gasteiger partial charge in [-0.15, -0.1) is 0 Å². The van der Waals surface area contributed by atoms with Crippen LogP contribution in [0.4, 0.5) is 0 Å². The highest BCUT2D eigenvalue weighted by atomic mass is 16.1. The third-order valence-corrected chi connectivity index (χ3v) is 4.18. The Hall–Kier alpha value is -2.08. The first-order valence-electron chi connectivity index (χ1n) is 7.32. The van der Waals surface area contributed by atoms with Gasteiger partial charge in [-0.25, -0.2) is 15.0 Å². The summed E-state index contributed by atoms with van der Waals surface area (Å²) < 4.78 is 1.72. The van der Waals surface area contributed by atoms with E-state index in [0.717, 1.165) is 25.7 Å². The molecule has 1 atom stereocenters. The number of rotatable bonds is 2. The summed E-state index contributed by atoms with van der Waals surface area (Å²) in [4.78, 5) is 25.2. The van der Waals surface area contributed by atoms with Gasteiger partial charge < -0.3 is 5.73 Å². The molecule has 0 aliphatic carbocycles. The number of fused-ring (bicyclic) bond motifs is 1. The van der Waals surface area contributed by atoms with E-state index in [4.69, 9.17) is 5.73 Å². The van der Waals surface area contributed by atoms with Crippen molar-refractivity contribution in [2.75, 3.05) is 0 Å². The molecule has 0 radical (unpaired) electrons. The van der Waals surface area contributed by atoms with Gasteiger partial charge in [0, 0.05) is 18.8 Å². The Morgan fingerprint density at radius 1 is 1.38 bits per heavy atom. The molecule has 0 spiro atoms. The van der Waals surface area contributed by atoms with Crippen LogP contribution >= 0.6 is 0 Å². The van der Waals surface area contributed by atoms with E-state index >= 15 is 0 Å². The van der Waals surface area contributed by atoms with Crippen LogP contribution in [-0.4, -0.2) is 19.5 Å². The van der Waals surface area contributed by atoms with Crippen LogP contribution in [0.1, 0.15) is 38.4 Å². The number of hydrogen-bond acceptors (Lipinski definition) is 5. The van der Waals surface area contributed by atoms with E-state index in [1.54, 1.807) is 16.8 Å². The van der Waals surface area contributed by atoms with E-state index in [-0.39, 0.29) is 5.56 Å². The van der Waals surface area contributed by atoms with Crippen molar-refractivity contribution >= 4 is 0 Å². The molecule has 6 nitrogen and oxygen atoms in total. The van der Waals surface area contributed by atoms with Crippen molar-refractivity contribution in [3.63, 3.8) is 0 Å². The summed E-state index contributed by atoms with van der Waals surface area (Å²) in [5.74, 6) is 0.684. The lowest BCUT2D eigenvalue weighted by atomic mass is 9.90. The lowest BCUT2D eigenvalue weighted by molar-refractivity contribution is 0.364. The molecule has 21 heavy (non-hydrogen) atoms. The predicted molar refractivity (Wildman–Crippen MR) is 79.5 cm³/mol. The van der Waals surface area contributed by atoms with Crippen LogP contribution in [0.25, 0.3) is 11.4 Å². The zero-order valence-corrected chi connectivity index (χ0v) is 12.1. The van der Waals surface area contributed by atoms with Crippen molar-refractivity contribution in [3.8, 4) is 11.4 Å². The van der Waals surface area contributed by atoms with Crippen molar-refractivity contribution in [2.24, 2.45) is 5.73 Å². The van der Waals surface area contributed by atoms with Gasteiger partial charge >= 0.3 is 0 Å². The monoisotopic (exact) mass is 285 g/mol. The normalized spacial score (nSPS) is 21.6. The molecule has 0 aromatic carbocycles. The largest absolute Gasteiger partial charge is 0.319 e. The lowest BCUT2D eigenvalue weighted by Gasteiger charge is -2.27. The predicted octanol–water partition coefficient (Wildman–Crippen LogP) is 1.45. The minimum absolute atomic E-state index is 0.0567. The second-order valence-electron chi connectivity index (χ2n) is 5.52. The maximum atomic E-state index is 12.4. The Balaban J connectivity index is 2.21. The molecule has 1 unspecified atom stereocenters. The molecule has 0 saturated heterocycles. The first-order valence-corrected chi connectivity index (χ1v) is 7.32. The Bertz CT molecular complexity index is 697. The molecule has 6 heteroatoms. The van der Waals surface area contributed by atoms with Crippen molar-refractivity contribution in [1.29, 1.82) is 0 Å². The Labute approximate surface area is 123 Å².